The predicted octanol–water partition coefficient (Wildman–Crippen LogP) is 6.74. The number of amides is 2. The highest BCUT2D eigenvalue weighted by Gasteiger charge is 2.24. The fourth-order valence-corrected chi connectivity index (χ4v) is 2.49. The van der Waals surface area contributed by atoms with Crippen LogP contribution in [0.25, 0.3) is 0 Å². The van der Waals surface area contributed by atoms with Crippen LogP contribution in [0.2, 0.25) is 0 Å². The molecule has 0 aliphatic rings. The van der Waals surface area contributed by atoms with Crippen molar-refractivity contribution < 1.29 is 14.3 Å². The van der Waals surface area contributed by atoms with Crippen LogP contribution in [0.15, 0.2) is 0 Å². The average Bonchev–Trinajstić information content (AvgIpc) is 2.38. The van der Waals surface area contributed by atoms with Gasteiger partial charge in [-0.1, -0.05) is 55.4 Å². The highest BCUT2D eigenvalue weighted by Crippen LogP contribution is 2.23. The molecule has 0 bridgehead atoms. The van der Waals surface area contributed by atoms with E-state index < -0.39 is 0 Å². The molecule has 0 aliphatic heterocycles. The van der Waals surface area contributed by atoms with Gasteiger partial charge in [0.15, 0.2) is 0 Å². The molecule has 0 unspecified atom stereocenters. The zero-order valence-corrected chi connectivity index (χ0v) is 24.7. The van der Waals surface area contributed by atoms with Crippen LogP contribution < -0.4 is 10.6 Å². The first-order valence-corrected chi connectivity index (χ1v) is 11.9. The standard InChI is InChI=1S/C10H21NO2.C9H19NO.C8H18/c1-9(2,3)11-8(12)7-13-10(4,5)6;1-8(2,3)7(11)10-9(4,5)6;1-7(2)6-8(3,4)5/h7H2,1-6H3,(H,11,12);1-6H3,(H,10,11);7H,6H2,1-5H3. The molecule has 2 amide bonds. The summed E-state index contributed by atoms with van der Waals surface area (Å²) >= 11 is 0. The van der Waals surface area contributed by atoms with Gasteiger partial charge in [0.25, 0.3) is 0 Å². The Bertz CT molecular complexity index is 532. The number of hydrogen-bond acceptors (Lipinski definition) is 3. The van der Waals surface area contributed by atoms with E-state index in [2.05, 4.69) is 45.3 Å². The first-order valence-electron chi connectivity index (χ1n) is 11.9. The fourth-order valence-electron chi connectivity index (χ4n) is 2.49. The minimum absolute atomic E-state index is 0.0672. The zero-order valence-electron chi connectivity index (χ0n) is 24.7. The van der Waals surface area contributed by atoms with Crippen LogP contribution in [0.1, 0.15) is 124 Å². The molecule has 0 saturated heterocycles. The van der Waals surface area contributed by atoms with Gasteiger partial charge in [0.1, 0.15) is 6.61 Å². The molecule has 0 rings (SSSR count). The van der Waals surface area contributed by atoms with Gasteiger partial charge in [-0.3, -0.25) is 9.59 Å². The molecular formula is C27H58N2O3. The van der Waals surface area contributed by atoms with E-state index in [1.54, 1.807) is 0 Å². The maximum absolute atomic E-state index is 11.4. The van der Waals surface area contributed by atoms with Crippen LogP contribution >= 0.6 is 0 Å². The molecule has 0 atom stereocenters. The predicted molar refractivity (Wildman–Crippen MR) is 140 cm³/mol. The van der Waals surface area contributed by atoms with Gasteiger partial charge in [-0.15, -0.1) is 0 Å². The molecule has 2 N–H and O–H groups in total. The lowest BCUT2D eigenvalue weighted by molar-refractivity contribution is -0.132. The molecule has 0 radical (unpaired) electrons. The number of rotatable bonds is 3. The summed E-state index contributed by atoms with van der Waals surface area (Å²) < 4.78 is 5.32. The van der Waals surface area contributed by atoms with Crippen molar-refractivity contribution in [3.8, 4) is 0 Å². The first kappa shape index (κ1) is 35.5. The summed E-state index contributed by atoms with van der Waals surface area (Å²) in [5, 5.41) is 5.75. The second kappa shape index (κ2) is 13.6. The van der Waals surface area contributed by atoms with Crippen LogP contribution in [0.3, 0.4) is 0 Å². The van der Waals surface area contributed by atoms with Crippen molar-refractivity contribution in [2.45, 2.75) is 141 Å². The lowest BCUT2D eigenvalue weighted by Crippen LogP contribution is -2.46. The Morgan fingerprint density at radius 3 is 1.22 bits per heavy atom. The molecule has 194 valence electrons. The van der Waals surface area contributed by atoms with E-state index in [0.29, 0.717) is 5.41 Å². The maximum atomic E-state index is 11.4. The Labute approximate surface area is 201 Å². The van der Waals surface area contributed by atoms with Gasteiger partial charge in [0, 0.05) is 16.5 Å². The molecule has 0 aromatic carbocycles. The van der Waals surface area contributed by atoms with Crippen molar-refractivity contribution in [3.05, 3.63) is 0 Å². The van der Waals surface area contributed by atoms with Gasteiger partial charge in [0.05, 0.1) is 5.60 Å². The number of ether oxygens (including phenoxy) is 1. The molecule has 0 aromatic heterocycles. The third-order valence-corrected chi connectivity index (χ3v) is 3.34. The molecule has 0 saturated carbocycles. The van der Waals surface area contributed by atoms with E-state index in [-0.39, 0.29) is 40.5 Å². The summed E-state index contributed by atoms with van der Waals surface area (Å²) in [6.45, 7) is 34.8. The minimum atomic E-state index is -0.284. The molecule has 0 spiro atoms. The Morgan fingerprint density at radius 1 is 0.688 bits per heavy atom. The van der Waals surface area contributed by atoms with Gasteiger partial charge in [-0.05, 0) is 80.1 Å². The Morgan fingerprint density at radius 2 is 1.06 bits per heavy atom. The molecule has 0 fully saturated rings. The largest absolute Gasteiger partial charge is 0.366 e. The highest BCUT2D eigenvalue weighted by atomic mass is 16.5. The van der Waals surface area contributed by atoms with E-state index in [0.717, 1.165) is 5.92 Å². The Balaban J connectivity index is -0.000000406. The minimum Gasteiger partial charge on any atom is -0.366 e. The summed E-state index contributed by atoms with van der Waals surface area (Å²) in [5.74, 6) is 0.877. The van der Waals surface area contributed by atoms with Gasteiger partial charge < -0.3 is 15.4 Å². The number of carbonyl (C=O) groups is 2. The molecular weight excluding hydrogens is 400 g/mol. The van der Waals surface area contributed by atoms with Crippen LogP contribution in [0, 0.1) is 16.7 Å². The molecule has 32 heavy (non-hydrogen) atoms. The van der Waals surface area contributed by atoms with Gasteiger partial charge >= 0.3 is 0 Å². The molecule has 0 aliphatic carbocycles. The number of carbonyl (C=O) groups excluding carboxylic acids is 2. The second-order valence-corrected chi connectivity index (χ2v) is 14.3. The van der Waals surface area contributed by atoms with Crippen molar-refractivity contribution in [2.75, 3.05) is 6.61 Å². The smallest absolute Gasteiger partial charge is 0.246 e. The van der Waals surface area contributed by atoms with E-state index in [1.165, 1.54) is 6.42 Å². The quantitative estimate of drug-likeness (QED) is 0.492. The summed E-state index contributed by atoms with van der Waals surface area (Å²) in [7, 11) is 0. The van der Waals surface area contributed by atoms with Crippen LogP contribution in [0.5, 0.6) is 0 Å². The normalized spacial score (nSPS) is 12.8. The van der Waals surface area contributed by atoms with Crippen LogP contribution in [-0.2, 0) is 14.3 Å². The fraction of sp³-hybridized carbons (Fsp3) is 0.926. The monoisotopic (exact) mass is 458 g/mol. The van der Waals surface area contributed by atoms with Crippen LogP contribution in [0.4, 0.5) is 0 Å². The topological polar surface area (TPSA) is 67.4 Å². The highest BCUT2D eigenvalue weighted by molar-refractivity contribution is 5.81. The van der Waals surface area contributed by atoms with E-state index in [9.17, 15) is 9.59 Å². The molecule has 5 heteroatoms. The Hall–Kier alpha value is -1.10. The second-order valence-electron chi connectivity index (χ2n) is 14.3. The lowest BCUT2D eigenvalue weighted by atomic mass is 9.86. The van der Waals surface area contributed by atoms with E-state index in [4.69, 9.17) is 4.74 Å². The first-order chi connectivity index (χ1) is 13.6. The van der Waals surface area contributed by atoms with Crippen molar-refractivity contribution in [1.82, 2.24) is 10.6 Å². The summed E-state index contributed by atoms with van der Waals surface area (Å²) in [6, 6.07) is 0. The lowest BCUT2D eigenvalue weighted by Gasteiger charge is -2.26. The average molecular weight is 459 g/mol. The summed E-state index contributed by atoms with van der Waals surface area (Å²) in [4.78, 5) is 22.6. The third-order valence-electron chi connectivity index (χ3n) is 3.34. The number of nitrogens with one attached hydrogen (secondary N) is 2. The SMILES string of the molecule is CC(C)(C)NC(=O)C(C)(C)C.CC(C)(C)NC(=O)COC(C)(C)C.CC(C)CC(C)(C)C. The van der Waals surface area contributed by atoms with Gasteiger partial charge in [-0.25, -0.2) is 0 Å². The molecule has 5 nitrogen and oxygen atoms in total. The molecule has 0 heterocycles. The zero-order chi connectivity index (χ0) is 26.8. The van der Waals surface area contributed by atoms with Crippen molar-refractivity contribution >= 4 is 11.8 Å². The number of hydrogen-bond donors (Lipinski definition) is 2. The maximum Gasteiger partial charge on any atom is 0.246 e. The summed E-state index contributed by atoms with van der Waals surface area (Å²) in [5.41, 5.74) is -0.320. The Kier molecular flexibility index (Phi) is 15.0. The van der Waals surface area contributed by atoms with Gasteiger partial charge in [0.2, 0.25) is 11.8 Å². The van der Waals surface area contributed by atoms with Crippen LogP contribution in [-0.4, -0.2) is 35.1 Å². The van der Waals surface area contributed by atoms with Crippen molar-refractivity contribution in [3.63, 3.8) is 0 Å². The van der Waals surface area contributed by atoms with Gasteiger partial charge in [-0.2, -0.15) is 0 Å². The van der Waals surface area contributed by atoms with Crippen molar-refractivity contribution in [1.29, 1.82) is 0 Å². The van der Waals surface area contributed by atoms with E-state index in [1.807, 2.05) is 83.1 Å². The van der Waals surface area contributed by atoms with Crippen molar-refractivity contribution in [2.24, 2.45) is 16.7 Å². The summed E-state index contributed by atoms with van der Waals surface area (Å²) in [6.07, 6.45) is 1.33. The third kappa shape index (κ3) is 33.5. The molecule has 0 aromatic rings. The van der Waals surface area contributed by atoms with E-state index >= 15 is 0 Å².